The quantitative estimate of drug-likeness (QED) is 0.467. The van der Waals surface area contributed by atoms with Crippen LogP contribution in [0.5, 0.6) is 0 Å². The second-order valence-electron chi connectivity index (χ2n) is 9.34. The Kier molecular flexibility index (Phi) is 7.30. The molecule has 2 aromatic carbocycles. The van der Waals surface area contributed by atoms with Crippen molar-refractivity contribution in [2.45, 2.75) is 32.3 Å². The number of ether oxygens (including phenoxy) is 1. The van der Waals surface area contributed by atoms with Gasteiger partial charge >= 0.3 is 0 Å². The summed E-state index contributed by atoms with van der Waals surface area (Å²) >= 11 is 6.29. The number of hydrogen-bond donors (Lipinski definition) is 0. The van der Waals surface area contributed by atoms with Crippen molar-refractivity contribution in [3.05, 3.63) is 76.4 Å². The summed E-state index contributed by atoms with van der Waals surface area (Å²) in [5.74, 6) is 2.16. The highest BCUT2D eigenvalue weighted by atomic mass is 35.5. The lowest BCUT2D eigenvalue weighted by Gasteiger charge is -2.39. The van der Waals surface area contributed by atoms with Gasteiger partial charge < -0.3 is 14.5 Å². The highest BCUT2D eigenvalue weighted by Crippen LogP contribution is 2.31. The maximum absolute atomic E-state index is 12.8. The van der Waals surface area contributed by atoms with Gasteiger partial charge in [0.15, 0.2) is 5.82 Å². The Labute approximate surface area is 211 Å². The van der Waals surface area contributed by atoms with E-state index in [1.807, 2.05) is 53.4 Å². The van der Waals surface area contributed by atoms with E-state index < -0.39 is 0 Å². The fraction of sp³-hybridized carbons (Fsp3) is 0.393. The van der Waals surface area contributed by atoms with E-state index in [4.69, 9.17) is 26.3 Å². The second kappa shape index (κ2) is 10.8. The van der Waals surface area contributed by atoms with Crippen molar-refractivity contribution < 1.29 is 9.53 Å². The van der Waals surface area contributed by atoms with Crippen molar-refractivity contribution in [2.75, 3.05) is 38.2 Å². The number of benzene rings is 2. The lowest BCUT2D eigenvalue weighted by atomic mass is 9.84. The molecule has 0 unspecified atom stereocenters. The van der Waals surface area contributed by atoms with Crippen molar-refractivity contribution in [3.63, 3.8) is 0 Å². The third-order valence-corrected chi connectivity index (χ3v) is 7.23. The summed E-state index contributed by atoms with van der Waals surface area (Å²) in [4.78, 5) is 27.1. The molecule has 0 spiro atoms. The number of hydrogen-bond acceptors (Lipinski definition) is 5. The number of nitrogens with zero attached hydrogens (tertiary/aromatic N) is 4. The zero-order valence-corrected chi connectivity index (χ0v) is 20.9. The molecule has 35 heavy (non-hydrogen) atoms. The average molecular weight is 491 g/mol. The normalized spacial score (nSPS) is 16.3. The zero-order chi connectivity index (χ0) is 24.2. The van der Waals surface area contributed by atoms with Crippen LogP contribution >= 0.6 is 11.6 Å². The zero-order valence-electron chi connectivity index (χ0n) is 20.1. The summed E-state index contributed by atoms with van der Waals surface area (Å²) in [5.41, 5.74) is 4.00. The molecule has 2 aliphatic rings. The largest absolute Gasteiger partial charge is 0.378 e. The van der Waals surface area contributed by atoms with E-state index in [0.717, 1.165) is 67.2 Å². The second-order valence-corrected chi connectivity index (χ2v) is 9.78. The molecule has 0 bridgehead atoms. The highest BCUT2D eigenvalue weighted by Gasteiger charge is 2.32. The maximum atomic E-state index is 12.8. The molecule has 1 aliphatic carbocycles. The number of carbonyl (C=O) groups excluding carboxylic acids is 1. The van der Waals surface area contributed by atoms with Crippen molar-refractivity contribution in [1.82, 2.24) is 14.9 Å². The number of aromatic nitrogens is 2. The van der Waals surface area contributed by atoms with E-state index in [-0.39, 0.29) is 5.92 Å². The Morgan fingerprint density at radius 2 is 1.80 bits per heavy atom. The van der Waals surface area contributed by atoms with Gasteiger partial charge in [-0.15, -0.1) is 0 Å². The minimum atomic E-state index is 0.233. The Hall–Kier alpha value is -2.96. The number of anilines is 1. The molecular weight excluding hydrogens is 460 g/mol. The van der Waals surface area contributed by atoms with Gasteiger partial charge in [0.25, 0.3) is 0 Å². The van der Waals surface area contributed by atoms with E-state index in [1.54, 1.807) is 7.11 Å². The third kappa shape index (κ3) is 5.34. The first-order chi connectivity index (χ1) is 17.1. The number of rotatable bonds is 7. The van der Waals surface area contributed by atoms with Crippen LogP contribution in [-0.2, 0) is 22.6 Å². The minimum absolute atomic E-state index is 0.233. The Morgan fingerprint density at radius 1 is 1.03 bits per heavy atom. The Morgan fingerprint density at radius 3 is 2.46 bits per heavy atom. The molecule has 6 nitrogen and oxygen atoms in total. The van der Waals surface area contributed by atoms with Crippen molar-refractivity contribution in [1.29, 1.82) is 0 Å². The summed E-state index contributed by atoms with van der Waals surface area (Å²) in [6, 6.07) is 18.0. The lowest BCUT2D eigenvalue weighted by molar-refractivity contribution is -0.138. The van der Waals surface area contributed by atoms with Gasteiger partial charge in [0.05, 0.1) is 12.3 Å². The van der Waals surface area contributed by atoms with Crippen LogP contribution in [0.3, 0.4) is 0 Å². The van der Waals surface area contributed by atoms with Gasteiger partial charge in [0.1, 0.15) is 5.82 Å². The SMILES string of the molecule is COCc1nc(-c2ccccc2)nc(N2CCN(C(=O)C3CCC3)CC2)c1Cc1cccc(Cl)c1. The monoisotopic (exact) mass is 490 g/mol. The molecule has 2 heterocycles. The molecule has 1 aromatic heterocycles. The number of piperazine rings is 1. The summed E-state index contributed by atoms with van der Waals surface area (Å²) < 4.78 is 5.57. The van der Waals surface area contributed by atoms with Gasteiger partial charge in [-0.05, 0) is 30.5 Å². The summed E-state index contributed by atoms with van der Waals surface area (Å²) in [6.45, 7) is 3.33. The fourth-order valence-electron chi connectivity index (χ4n) is 4.84. The Balaban J connectivity index is 1.50. The van der Waals surface area contributed by atoms with Gasteiger partial charge in [-0.3, -0.25) is 4.79 Å². The first-order valence-corrected chi connectivity index (χ1v) is 12.7. The van der Waals surface area contributed by atoms with Gasteiger partial charge in [0, 0.05) is 61.8 Å². The Bertz CT molecular complexity index is 1170. The van der Waals surface area contributed by atoms with Gasteiger partial charge in [0.2, 0.25) is 5.91 Å². The lowest BCUT2D eigenvalue weighted by Crippen LogP contribution is -2.51. The fourth-order valence-corrected chi connectivity index (χ4v) is 5.05. The van der Waals surface area contributed by atoms with Crippen LogP contribution in [0.4, 0.5) is 5.82 Å². The smallest absolute Gasteiger partial charge is 0.225 e. The molecule has 182 valence electrons. The van der Waals surface area contributed by atoms with E-state index >= 15 is 0 Å². The van der Waals surface area contributed by atoms with Crippen LogP contribution < -0.4 is 4.90 Å². The summed E-state index contributed by atoms with van der Waals surface area (Å²) in [6.07, 6.45) is 3.91. The molecule has 1 saturated heterocycles. The topological polar surface area (TPSA) is 58.6 Å². The first kappa shape index (κ1) is 23.8. The predicted octanol–water partition coefficient (Wildman–Crippen LogP) is 4.98. The molecule has 7 heteroatoms. The highest BCUT2D eigenvalue weighted by molar-refractivity contribution is 6.30. The molecular formula is C28H31ClN4O2. The summed E-state index contributed by atoms with van der Waals surface area (Å²) in [5, 5.41) is 0.710. The van der Waals surface area contributed by atoms with E-state index in [0.29, 0.717) is 29.8 Å². The maximum Gasteiger partial charge on any atom is 0.225 e. The predicted molar refractivity (Wildman–Crippen MR) is 139 cm³/mol. The molecule has 1 saturated carbocycles. The number of methoxy groups -OCH3 is 1. The number of amides is 1. The van der Waals surface area contributed by atoms with Crippen LogP contribution in [-0.4, -0.2) is 54.1 Å². The number of halogens is 1. The molecule has 0 radical (unpaired) electrons. The van der Waals surface area contributed by atoms with Crippen LogP contribution in [0.1, 0.15) is 36.1 Å². The molecule has 1 aliphatic heterocycles. The van der Waals surface area contributed by atoms with Gasteiger partial charge in [-0.1, -0.05) is 60.5 Å². The molecule has 0 atom stereocenters. The molecule has 3 aromatic rings. The molecule has 5 rings (SSSR count). The third-order valence-electron chi connectivity index (χ3n) is 7.00. The minimum Gasteiger partial charge on any atom is -0.378 e. The van der Waals surface area contributed by atoms with E-state index in [2.05, 4.69) is 11.0 Å². The standard InChI is InChI=1S/C28H31ClN4O2/c1-35-19-25-24(18-20-7-5-12-23(29)17-20)27(31-26(30-25)21-8-3-2-4-9-21)32-13-15-33(16-14-32)28(34)22-10-6-11-22/h2-5,7-9,12,17,22H,6,10-11,13-16,18-19H2,1H3. The first-order valence-electron chi connectivity index (χ1n) is 12.3. The van der Waals surface area contributed by atoms with Gasteiger partial charge in [-0.2, -0.15) is 0 Å². The van der Waals surface area contributed by atoms with Crippen molar-refractivity contribution in [3.8, 4) is 11.4 Å². The number of carbonyl (C=O) groups is 1. The van der Waals surface area contributed by atoms with E-state index in [9.17, 15) is 4.79 Å². The van der Waals surface area contributed by atoms with Crippen LogP contribution in [0.2, 0.25) is 5.02 Å². The summed E-state index contributed by atoms with van der Waals surface area (Å²) in [7, 11) is 1.69. The molecule has 2 fully saturated rings. The van der Waals surface area contributed by atoms with Crippen LogP contribution in [0.25, 0.3) is 11.4 Å². The molecule has 0 N–H and O–H groups in total. The van der Waals surface area contributed by atoms with Gasteiger partial charge in [-0.25, -0.2) is 9.97 Å². The average Bonchev–Trinajstić information content (AvgIpc) is 2.85. The molecule has 1 amide bonds. The van der Waals surface area contributed by atoms with E-state index in [1.165, 1.54) is 6.42 Å². The van der Waals surface area contributed by atoms with Crippen LogP contribution in [0, 0.1) is 5.92 Å². The van der Waals surface area contributed by atoms with Crippen molar-refractivity contribution in [2.24, 2.45) is 5.92 Å². The van der Waals surface area contributed by atoms with Crippen molar-refractivity contribution >= 4 is 23.3 Å². The van der Waals surface area contributed by atoms with Crippen LogP contribution in [0.15, 0.2) is 54.6 Å².